The molecule has 0 saturated carbocycles. The quantitative estimate of drug-likeness (QED) is 0.271. The van der Waals surface area contributed by atoms with Gasteiger partial charge in [0.15, 0.2) is 0 Å². The summed E-state index contributed by atoms with van der Waals surface area (Å²) in [6.45, 7) is 0. The zero-order chi connectivity index (χ0) is 23.8. The van der Waals surface area contributed by atoms with Crippen LogP contribution in [0.2, 0.25) is 0 Å². The number of hydrogen-bond donors (Lipinski definition) is 3. The fourth-order valence-corrected chi connectivity index (χ4v) is 4.22. The highest BCUT2D eigenvalue weighted by molar-refractivity contribution is 6.05. The topological polar surface area (TPSA) is 82.8 Å². The number of aromatic amines is 2. The van der Waals surface area contributed by atoms with Crippen LogP contribution in [0, 0.1) is 0 Å². The maximum atomic E-state index is 12.7. The molecule has 6 nitrogen and oxygen atoms in total. The van der Waals surface area contributed by atoms with Gasteiger partial charge in [0.2, 0.25) is 0 Å². The monoisotopic (exact) mass is 458 g/mol. The van der Waals surface area contributed by atoms with Gasteiger partial charge in [-0.3, -0.25) is 4.79 Å². The predicted octanol–water partition coefficient (Wildman–Crippen LogP) is 6.64. The van der Waals surface area contributed by atoms with E-state index in [0.717, 1.165) is 55.9 Å². The molecular formula is C29H22N4O2. The molecule has 2 aromatic heterocycles. The van der Waals surface area contributed by atoms with E-state index in [1.165, 1.54) is 0 Å². The molecule has 6 aromatic rings. The summed E-state index contributed by atoms with van der Waals surface area (Å²) >= 11 is 0. The molecule has 0 atom stereocenters. The molecule has 0 radical (unpaired) electrons. The molecule has 3 N–H and O–H groups in total. The van der Waals surface area contributed by atoms with Gasteiger partial charge in [0.05, 0.1) is 18.1 Å². The van der Waals surface area contributed by atoms with Crippen LogP contribution in [0.4, 0.5) is 5.69 Å². The summed E-state index contributed by atoms with van der Waals surface area (Å²) in [6.07, 6.45) is 1.88. The number of fused-ring (bicyclic) bond motifs is 2. The van der Waals surface area contributed by atoms with E-state index in [4.69, 9.17) is 9.72 Å². The number of rotatable bonds is 5. The zero-order valence-corrected chi connectivity index (χ0v) is 19.0. The molecule has 4 aromatic carbocycles. The van der Waals surface area contributed by atoms with Crippen molar-refractivity contribution < 1.29 is 9.53 Å². The fraction of sp³-hybridized carbons (Fsp3) is 0.0345. The fourth-order valence-electron chi connectivity index (χ4n) is 4.22. The molecule has 0 aliphatic rings. The Morgan fingerprint density at radius 3 is 2.37 bits per heavy atom. The summed E-state index contributed by atoms with van der Waals surface area (Å²) in [5.41, 5.74) is 7.27. The van der Waals surface area contributed by atoms with E-state index in [1.807, 2.05) is 85.1 Å². The summed E-state index contributed by atoms with van der Waals surface area (Å²) in [4.78, 5) is 24.0. The van der Waals surface area contributed by atoms with Gasteiger partial charge in [-0.25, -0.2) is 4.98 Å². The molecule has 0 saturated heterocycles. The number of methoxy groups -OCH3 is 1. The van der Waals surface area contributed by atoms with Crippen molar-refractivity contribution in [3.8, 4) is 28.3 Å². The normalized spacial score (nSPS) is 11.1. The van der Waals surface area contributed by atoms with Crippen LogP contribution < -0.4 is 10.1 Å². The Morgan fingerprint density at radius 2 is 1.57 bits per heavy atom. The maximum absolute atomic E-state index is 12.7. The Kier molecular flexibility index (Phi) is 5.04. The first kappa shape index (κ1) is 20.7. The summed E-state index contributed by atoms with van der Waals surface area (Å²) in [5.74, 6) is 1.43. The van der Waals surface area contributed by atoms with Crippen molar-refractivity contribution in [3.05, 3.63) is 103 Å². The van der Waals surface area contributed by atoms with Gasteiger partial charge in [-0.2, -0.15) is 0 Å². The summed E-state index contributed by atoms with van der Waals surface area (Å²) < 4.78 is 5.25. The molecule has 0 bridgehead atoms. The van der Waals surface area contributed by atoms with Crippen molar-refractivity contribution in [1.29, 1.82) is 0 Å². The summed E-state index contributed by atoms with van der Waals surface area (Å²) in [5, 5.41) is 4.07. The van der Waals surface area contributed by atoms with Crippen molar-refractivity contribution in [2.24, 2.45) is 0 Å². The second kappa shape index (κ2) is 8.50. The number of nitrogens with zero attached hydrogens (tertiary/aromatic N) is 1. The molecule has 170 valence electrons. The molecule has 0 aliphatic carbocycles. The smallest absolute Gasteiger partial charge is 0.255 e. The van der Waals surface area contributed by atoms with E-state index in [1.54, 1.807) is 7.11 Å². The summed E-state index contributed by atoms with van der Waals surface area (Å²) in [6, 6.07) is 29.4. The molecule has 1 amide bonds. The largest absolute Gasteiger partial charge is 0.497 e. The highest BCUT2D eigenvalue weighted by atomic mass is 16.5. The number of carbonyl (C=O) groups is 1. The molecule has 0 aliphatic heterocycles. The Balaban J connectivity index is 1.22. The molecular weight excluding hydrogens is 436 g/mol. The maximum Gasteiger partial charge on any atom is 0.255 e. The van der Waals surface area contributed by atoms with Crippen molar-refractivity contribution >= 4 is 33.5 Å². The third-order valence-electron chi connectivity index (χ3n) is 6.14. The van der Waals surface area contributed by atoms with Gasteiger partial charge < -0.3 is 20.0 Å². The standard InChI is InChI=1S/C29H22N4O2/c1-35-24-11-7-18(8-12-24)22-9-13-25-27(16-22)33-28(32-25)20-2-4-21(5-3-20)29(34)31-23-10-6-19-14-15-30-26(19)17-23/h2-17,30H,1H3,(H,31,34)(H,32,33). The zero-order valence-electron chi connectivity index (χ0n) is 19.0. The van der Waals surface area contributed by atoms with Gasteiger partial charge in [-0.05, 0) is 71.1 Å². The van der Waals surface area contributed by atoms with Crippen LogP contribution in [-0.4, -0.2) is 28.0 Å². The van der Waals surface area contributed by atoms with Crippen LogP contribution in [0.25, 0.3) is 44.5 Å². The van der Waals surface area contributed by atoms with Gasteiger partial charge in [0, 0.05) is 28.5 Å². The number of H-pyrrole nitrogens is 2. The van der Waals surface area contributed by atoms with E-state index < -0.39 is 0 Å². The lowest BCUT2D eigenvalue weighted by Gasteiger charge is -2.06. The first-order valence-electron chi connectivity index (χ1n) is 11.3. The van der Waals surface area contributed by atoms with Gasteiger partial charge in [-0.15, -0.1) is 0 Å². The average Bonchev–Trinajstić information content (AvgIpc) is 3.55. The number of amides is 1. The number of carbonyl (C=O) groups excluding carboxylic acids is 1. The van der Waals surface area contributed by atoms with Crippen molar-refractivity contribution in [1.82, 2.24) is 15.0 Å². The number of anilines is 1. The number of imidazole rings is 1. The minimum atomic E-state index is -0.156. The van der Waals surface area contributed by atoms with Crippen molar-refractivity contribution in [2.45, 2.75) is 0 Å². The van der Waals surface area contributed by atoms with Crippen LogP contribution in [0.1, 0.15) is 10.4 Å². The number of aromatic nitrogens is 3. The number of ether oxygens (including phenoxy) is 1. The average molecular weight is 459 g/mol. The molecule has 0 fully saturated rings. The van der Waals surface area contributed by atoms with E-state index >= 15 is 0 Å². The second-order valence-electron chi connectivity index (χ2n) is 8.36. The Morgan fingerprint density at radius 1 is 0.800 bits per heavy atom. The van der Waals surface area contributed by atoms with Crippen LogP contribution in [0.5, 0.6) is 5.75 Å². The Hall–Kier alpha value is -4.84. The van der Waals surface area contributed by atoms with Crippen molar-refractivity contribution in [3.63, 3.8) is 0 Å². The van der Waals surface area contributed by atoms with E-state index in [-0.39, 0.29) is 5.91 Å². The van der Waals surface area contributed by atoms with Crippen LogP contribution in [0.15, 0.2) is 97.2 Å². The Labute approximate surface area is 201 Å². The summed E-state index contributed by atoms with van der Waals surface area (Å²) in [7, 11) is 1.66. The first-order chi connectivity index (χ1) is 17.2. The molecule has 0 spiro atoms. The molecule has 2 heterocycles. The van der Waals surface area contributed by atoms with E-state index in [0.29, 0.717) is 5.56 Å². The number of nitrogens with one attached hydrogen (secondary N) is 3. The van der Waals surface area contributed by atoms with Crippen molar-refractivity contribution in [2.75, 3.05) is 12.4 Å². The third kappa shape index (κ3) is 4.02. The minimum absolute atomic E-state index is 0.156. The van der Waals surface area contributed by atoms with Crippen LogP contribution in [-0.2, 0) is 0 Å². The number of benzene rings is 4. The highest BCUT2D eigenvalue weighted by Crippen LogP contribution is 2.27. The van der Waals surface area contributed by atoms with Crippen LogP contribution >= 0.6 is 0 Å². The Bertz CT molecular complexity index is 1660. The SMILES string of the molecule is COc1ccc(-c2ccc3nc(-c4ccc(C(=O)Nc5ccc6cc[nH]c6c5)cc4)[nH]c3c2)cc1. The first-order valence-corrected chi connectivity index (χ1v) is 11.3. The molecule has 35 heavy (non-hydrogen) atoms. The lowest BCUT2D eigenvalue weighted by Crippen LogP contribution is -2.11. The van der Waals surface area contributed by atoms with E-state index in [2.05, 4.69) is 27.4 Å². The number of hydrogen-bond acceptors (Lipinski definition) is 3. The van der Waals surface area contributed by atoms with Gasteiger partial charge in [0.1, 0.15) is 11.6 Å². The molecule has 0 unspecified atom stereocenters. The molecule has 6 rings (SSSR count). The minimum Gasteiger partial charge on any atom is -0.497 e. The highest BCUT2D eigenvalue weighted by Gasteiger charge is 2.10. The van der Waals surface area contributed by atoms with Crippen LogP contribution in [0.3, 0.4) is 0 Å². The van der Waals surface area contributed by atoms with Gasteiger partial charge in [-0.1, -0.05) is 36.4 Å². The van der Waals surface area contributed by atoms with Gasteiger partial charge >= 0.3 is 0 Å². The lowest BCUT2D eigenvalue weighted by atomic mass is 10.1. The van der Waals surface area contributed by atoms with Gasteiger partial charge in [0.25, 0.3) is 5.91 Å². The second-order valence-corrected chi connectivity index (χ2v) is 8.36. The van der Waals surface area contributed by atoms with E-state index in [9.17, 15) is 4.79 Å². The predicted molar refractivity (Wildman–Crippen MR) is 140 cm³/mol. The molecule has 6 heteroatoms. The lowest BCUT2D eigenvalue weighted by molar-refractivity contribution is 0.102. The third-order valence-corrected chi connectivity index (χ3v) is 6.14.